The van der Waals surface area contributed by atoms with E-state index in [4.69, 9.17) is 4.98 Å². The van der Waals surface area contributed by atoms with Crippen LogP contribution in [0, 0.1) is 0 Å². The van der Waals surface area contributed by atoms with E-state index in [0.717, 1.165) is 37.7 Å². The Morgan fingerprint density at radius 2 is 1.89 bits per heavy atom. The van der Waals surface area contributed by atoms with Gasteiger partial charge < -0.3 is 15.1 Å². The fraction of sp³-hybridized carbons (Fsp3) is 0.786. The molecule has 0 unspecified atom stereocenters. The van der Waals surface area contributed by atoms with Crippen molar-refractivity contribution in [3.63, 3.8) is 0 Å². The topological polar surface area (TPSA) is 31.4 Å². The molecule has 110 valence electrons. The number of nitrogens with zero attached hydrogens (tertiary/aromatic N) is 3. The van der Waals surface area contributed by atoms with E-state index >= 15 is 0 Å². The Balaban J connectivity index is 2.58. The highest BCUT2D eigenvalue weighted by atomic mass is 32.1. The van der Waals surface area contributed by atoms with Crippen LogP contribution in [-0.2, 0) is 13.0 Å². The van der Waals surface area contributed by atoms with E-state index in [-0.39, 0.29) is 0 Å². The van der Waals surface area contributed by atoms with E-state index in [1.807, 2.05) is 11.3 Å². The van der Waals surface area contributed by atoms with E-state index in [9.17, 15) is 0 Å². The van der Waals surface area contributed by atoms with E-state index in [0.29, 0.717) is 0 Å². The summed E-state index contributed by atoms with van der Waals surface area (Å²) in [6, 6.07) is 0. The van der Waals surface area contributed by atoms with Crippen LogP contribution in [0.4, 0.5) is 5.13 Å². The zero-order valence-electron chi connectivity index (χ0n) is 13.0. The van der Waals surface area contributed by atoms with Crippen molar-refractivity contribution in [3.8, 4) is 0 Å². The van der Waals surface area contributed by atoms with Crippen LogP contribution in [0.1, 0.15) is 30.8 Å². The van der Waals surface area contributed by atoms with Gasteiger partial charge in [-0.3, -0.25) is 0 Å². The molecule has 0 fully saturated rings. The van der Waals surface area contributed by atoms with Crippen LogP contribution >= 0.6 is 11.3 Å². The van der Waals surface area contributed by atoms with Gasteiger partial charge in [-0.2, -0.15) is 0 Å². The second-order valence-corrected chi connectivity index (χ2v) is 6.14. The van der Waals surface area contributed by atoms with Gasteiger partial charge >= 0.3 is 0 Å². The van der Waals surface area contributed by atoms with E-state index < -0.39 is 0 Å². The van der Waals surface area contributed by atoms with Gasteiger partial charge in [-0.1, -0.05) is 13.8 Å². The van der Waals surface area contributed by atoms with Crippen LogP contribution in [-0.4, -0.2) is 50.7 Å². The summed E-state index contributed by atoms with van der Waals surface area (Å²) in [5.41, 5.74) is 1.25. The first-order valence-corrected chi connectivity index (χ1v) is 7.95. The SMILES string of the molecule is CCNCc1sc(N(C)CCCN(C)C)nc1CC. The Morgan fingerprint density at radius 3 is 2.47 bits per heavy atom. The third-order valence-corrected chi connectivity index (χ3v) is 4.27. The zero-order valence-corrected chi connectivity index (χ0v) is 13.8. The van der Waals surface area contributed by atoms with Gasteiger partial charge in [0.2, 0.25) is 0 Å². The van der Waals surface area contributed by atoms with Gasteiger partial charge in [0.25, 0.3) is 0 Å². The first-order chi connectivity index (χ1) is 9.08. The number of thiazole rings is 1. The molecule has 1 rings (SSSR count). The molecule has 0 amide bonds. The molecule has 5 heteroatoms. The van der Waals surface area contributed by atoms with Gasteiger partial charge in [0.05, 0.1) is 5.69 Å². The second kappa shape index (κ2) is 8.51. The summed E-state index contributed by atoms with van der Waals surface area (Å²) in [4.78, 5) is 10.7. The van der Waals surface area contributed by atoms with Crippen LogP contribution in [0.5, 0.6) is 0 Å². The molecule has 0 saturated carbocycles. The maximum atomic E-state index is 4.77. The predicted molar refractivity (Wildman–Crippen MR) is 85.3 cm³/mol. The molecule has 0 spiro atoms. The number of hydrogen-bond donors (Lipinski definition) is 1. The lowest BCUT2D eigenvalue weighted by atomic mass is 10.3. The number of rotatable bonds is 9. The molecule has 0 radical (unpaired) electrons. The van der Waals surface area contributed by atoms with Gasteiger partial charge in [0.15, 0.2) is 5.13 Å². The average Bonchev–Trinajstić information content (AvgIpc) is 2.79. The van der Waals surface area contributed by atoms with Crippen molar-refractivity contribution in [2.45, 2.75) is 33.2 Å². The molecule has 0 atom stereocenters. The van der Waals surface area contributed by atoms with Crippen molar-refractivity contribution in [1.82, 2.24) is 15.2 Å². The third-order valence-electron chi connectivity index (χ3n) is 3.06. The third kappa shape index (κ3) is 5.47. The fourth-order valence-electron chi connectivity index (χ4n) is 1.91. The van der Waals surface area contributed by atoms with Crippen LogP contribution in [0.25, 0.3) is 0 Å². The second-order valence-electron chi connectivity index (χ2n) is 5.08. The largest absolute Gasteiger partial charge is 0.351 e. The Labute approximate surface area is 121 Å². The molecule has 0 aliphatic rings. The minimum atomic E-state index is 0.947. The fourth-order valence-corrected chi connectivity index (χ4v) is 3.01. The molecular weight excluding hydrogens is 256 g/mol. The summed E-state index contributed by atoms with van der Waals surface area (Å²) in [5, 5.41) is 4.55. The van der Waals surface area contributed by atoms with Crippen molar-refractivity contribution < 1.29 is 0 Å². The molecule has 0 saturated heterocycles. The van der Waals surface area contributed by atoms with Crippen LogP contribution in [0.2, 0.25) is 0 Å². The normalized spacial score (nSPS) is 11.3. The molecule has 0 bridgehead atoms. The van der Waals surface area contributed by atoms with E-state index in [1.54, 1.807) is 0 Å². The monoisotopic (exact) mass is 284 g/mol. The lowest BCUT2D eigenvalue weighted by Gasteiger charge is -2.17. The lowest BCUT2D eigenvalue weighted by molar-refractivity contribution is 0.401. The molecule has 0 aliphatic heterocycles. The van der Waals surface area contributed by atoms with Gasteiger partial charge in [-0.05, 0) is 40.0 Å². The minimum absolute atomic E-state index is 0.947. The predicted octanol–water partition coefficient (Wildman–Crippen LogP) is 2.20. The highest BCUT2D eigenvalue weighted by molar-refractivity contribution is 7.15. The molecule has 1 aromatic heterocycles. The Kier molecular flexibility index (Phi) is 7.34. The number of hydrogen-bond acceptors (Lipinski definition) is 5. The molecular formula is C14H28N4S. The van der Waals surface area contributed by atoms with Crippen LogP contribution in [0.15, 0.2) is 0 Å². The molecule has 0 aliphatic carbocycles. The summed E-state index contributed by atoms with van der Waals surface area (Å²) in [5.74, 6) is 0. The van der Waals surface area contributed by atoms with Crippen LogP contribution in [0.3, 0.4) is 0 Å². The van der Waals surface area contributed by atoms with Gasteiger partial charge in [-0.25, -0.2) is 4.98 Å². The first kappa shape index (κ1) is 16.4. The summed E-state index contributed by atoms with van der Waals surface area (Å²) in [7, 11) is 6.38. The van der Waals surface area contributed by atoms with Crippen molar-refractivity contribution >= 4 is 16.5 Å². The number of anilines is 1. The average molecular weight is 284 g/mol. The van der Waals surface area contributed by atoms with Gasteiger partial charge in [0, 0.05) is 25.0 Å². The number of nitrogens with one attached hydrogen (secondary N) is 1. The zero-order chi connectivity index (χ0) is 14.3. The molecule has 0 aromatic carbocycles. The van der Waals surface area contributed by atoms with Crippen molar-refractivity contribution in [1.29, 1.82) is 0 Å². The molecule has 19 heavy (non-hydrogen) atoms. The molecule has 1 N–H and O–H groups in total. The minimum Gasteiger partial charge on any atom is -0.351 e. The number of aryl methyl sites for hydroxylation is 1. The number of aromatic nitrogens is 1. The maximum Gasteiger partial charge on any atom is 0.185 e. The Bertz CT molecular complexity index is 362. The molecule has 1 aromatic rings. The quantitative estimate of drug-likeness (QED) is 0.753. The summed E-state index contributed by atoms with van der Waals surface area (Å²) < 4.78 is 0. The van der Waals surface area contributed by atoms with Crippen LogP contribution < -0.4 is 10.2 Å². The van der Waals surface area contributed by atoms with Gasteiger partial charge in [-0.15, -0.1) is 11.3 Å². The molecule has 1 heterocycles. The summed E-state index contributed by atoms with van der Waals surface area (Å²) in [6.07, 6.45) is 2.19. The highest BCUT2D eigenvalue weighted by Gasteiger charge is 2.12. The van der Waals surface area contributed by atoms with E-state index in [1.165, 1.54) is 17.0 Å². The Hall–Kier alpha value is -0.650. The highest BCUT2D eigenvalue weighted by Crippen LogP contribution is 2.26. The summed E-state index contributed by atoms with van der Waals surface area (Å²) in [6.45, 7) is 8.47. The van der Waals surface area contributed by atoms with E-state index in [2.05, 4.69) is 50.1 Å². The maximum absolute atomic E-state index is 4.77. The molecule has 4 nitrogen and oxygen atoms in total. The van der Waals surface area contributed by atoms with Crippen molar-refractivity contribution in [3.05, 3.63) is 10.6 Å². The van der Waals surface area contributed by atoms with Gasteiger partial charge in [0.1, 0.15) is 0 Å². The first-order valence-electron chi connectivity index (χ1n) is 7.13. The standard InChI is InChI=1S/C14H28N4S/c1-6-12-13(11-15-7-2)19-14(16-12)18(5)10-8-9-17(3)4/h15H,6-11H2,1-5H3. The summed E-state index contributed by atoms with van der Waals surface area (Å²) >= 11 is 1.83. The Morgan fingerprint density at radius 1 is 1.16 bits per heavy atom. The van der Waals surface area contributed by atoms with Crippen molar-refractivity contribution in [2.75, 3.05) is 45.7 Å². The lowest BCUT2D eigenvalue weighted by Crippen LogP contribution is -2.23. The smallest absolute Gasteiger partial charge is 0.185 e. The van der Waals surface area contributed by atoms with Crippen molar-refractivity contribution in [2.24, 2.45) is 0 Å².